The van der Waals surface area contributed by atoms with E-state index in [1.54, 1.807) is 10.1 Å². The van der Waals surface area contributed by atoms with Crippen LogP contribution in [0.5, 0.6) is 0 Å². The zero-order valence-corrected chi connectivity index (χ0v) is 21.0. The van der Waals surface area contributed by atoms with Crippen molar-refractivity contribution in [1.82, 2.24) is 35.0 Å². The van der Waals surface area contributed by atoms with Crippen LogP contribution >= 0.6 is 34.9 Å². The number of thioether (sulfide) groups is 2. The summed E-state index contributed by atoms with van der Waals surface area (Å²) in [7, 11) is 3.91. The first-order valence-electron chi connectivity index (χ1n) is 10.4. The van der Waals surface area contributed by atoms with Crippen LogP contribution in [-0.4, -0.2) is 95.3 Å². The number of carboxylic acid groups (broad SMARTS) is 1. The Morgan fingerprint density at radius 1 is 1.38 bits per heavy atom. The molecule has 12 nitrogen and oxygen atoms in total. The predicted octanol–water partition coefficient (Wildman–Crippen LogP) is 0.437. The Hall–Kier alpha value is -2.49. The number of tetrazole rings is 1. The van der Waals surface area contributed by atoms with Gasteiger partial charge in [0.2, 0.25) is 11.1 Å². The molecule has 2 aromatic heterocycles. The average Bonchev–Trinajstić information content (AvgIpc) is 3.41. The molecule has 4 rings (SSSR count). The standard InChI is InChI=1S/C19H24N8O4S3/c1-25(2)3-4-26-19(22-23-24-26)34-8-10-7-32-16-13(15(29)27(16)14(10)17(30)31)6-12(28)5-11-9-33-18(20)21-11/h9,13,16H,3-8H2,1-2H3,(H2,20,21)(H,30,31)/t13-,16-/m1/s1. The van der Waals surface area contributed by atoms with Crippen molar-refractivity contribution in [2.75, 3.05) is 37.9 Å². The fraction of sp³-hybridized carbons (Fsp3) is 0.526. The first kappa shape index (κ1) is 24.6. The number of anilines is 1. The Kier molecular flexibility index (Phi) is 7.54. The van der Waals surface area contributed by atoms with Crippen LogP contribution in [0.15, 0.2) is 21.8 Å². The van der Waals surface area contributed by atoms with E-state index < -0.39 is 11.9 Å². The van der Waals surface area contributed by atoms with E-state index in [1.165, 1.54) is 39.8 Å². The van der Waals surface area contributed by atoms with Crippen LogP contribution in [0.2, 0.25) is 0 Å². The fourth-order valence-electron chi connectivity index (χ4n) is 3.74. The quantitative estimate of drug-likeness (QED) is 0.309. The van der Waals surface area contributed by atoms with E-state index in [2.05, 4.69) is 20.5 Å². The van der Waals surface area contributed by atoms with E-state index in [0.29, 0.717) is 39.6 Å². The van der Waals surface area contributed by atoms with Crippen LogP contribution in [0, 0.1) is 5.92 Å². The molecule has 2 aliphatic heterocycles. The largest absolute Gasteiger partial charge is 0.477 e. The number of carbonyl (C=O) groups excluding carboxylic acids is 2. The number of aliphatic carboxylic acids is 1. The number of carbonyl (C=O) groups is 3. The highest BCUT2D eigenvalue weighted by Gasteiger charge is 2.53. The smallest absolute Gasteiger partial charge is 0.352 e. The van der Waals surface area contributed by atoms with Gasteiger partial charge in [-0.2, -0.15) is 0 Å². The van der Waals surface area contributed by atoms with Gasteiger partial charge in [0.15, 0.2) is 5.13 Å². The average molecular weight is 525 g/mol. The molecule has 0 bridgehead atoms. The number of nitrogen functional groups attached to an aromatic ring is 1. The summed E-state index contributed by atoms with van der Waals surface area (Å²) < 4.78 is 1.68. The van der Waals surface area contributed by atoms with Gasteiger partial charge in [0.25, 0.3) is 0 Å². The van der Waals surface area contributed by atoms with Gasteiger partial charge in [-0.25, -0.2) is 14.5 Å². The molecule has 1 saturated heterocycles. The molecule has 15 heteroatoms. The van der Waals surface area contributed by atoms with E-state index in [1.807, 2.05) is 19.0 Å². The van der Waals surface area contributed by atoms with Crippen molar-refractivity contribution in [3.8, 4) is 0 Å². The second-order valence-corrected chi connectivity index (χ2v) is 11.1. The number of ketones is 1. The van der Waals surface area contributed by atoms with Gasteiger partial charge in [0, 0.05) is 36.3 Å². The number of likely N-dealkylation sites (N-methyl/N-ethyl adjacent to an activating group) is 1. The molecule has 182 valence electrons. The molecule has 2 aromatic rings. The predicted molar refractivity (Wildman–Crippen MR) is 128 cm³/mol. The van der Waals surface area contributed by atoms with E-state index in [-0.39, 0.29) is 35.6 Å². The van der Waals surface area contributed by atoms with Crippen molar-refractivity contribution < 1.29 is 19.5 Å². The highest BCUT2D eigenvalue weighted by Crippen LogP contribution is 2.46. The molecule has 1 fully saturated rings. The summed E-state index contributed by atoms with van der Waals surface area (Å²) in [6, 6.07) is 0. The van der Waals surface area contributed by atoms with Gasteiger partial charge in [0.05, 0.1) is 23.5 Å². The zero-order chi connectivity index (χ0) is 24.4. The van der Waals surface area contributed by atoms with Crippen molar-refractivity contribution in [3.63, 3.8) is 0 Å². The summed E-state index contributed by atoms with van der Waals surface area (Å²) in [4.78, 5) is 44.8. The summed E-state index contributed by atoms with van der Waals surface area (Å²) in [5.41, 5.74) is 6.83. The topological polar surface area (TPSA) is 160 Å². The fourth-order valence-corrected chi connectivity index (χ4v) is 6.76. The number of carboxylic acids is 1. The molecule has 0 unspecified atom stereocenters. The van der Waals surface area contributed by atoms with Gasteiger partial charge in [-0.1, -0.05) is 11.8 Å². The molecule has 3 N–H and O–H groups in total. The SMILES string of the molecule is CN(C)CCn1nnnc1SCC1=C(C(=O)O)N2C(=O)[C@@H](CC(=O)Cc3csc(N)n3)[C@H]2SC1. The summed E-state index contributed by atoms with van der Waals surface area (Å²) in [5, 5.41) is 23.9. The number of hydrogen-bond donors (Lipinski definition) is 2. The number of β-lactam (4-membered cyclic amide) rings is 1. The molecule has 0 aliphatic carbocycles. The zero-order valence-electron chi connectivity index (χ0n) is 18.6. The third-order valence-corrected chi connectivity index (χ3v) is 8.55. The van der Waals surface area contributed by atoms with Crippen LogP contribution in [0.25, 0.3) is 0 Å². The summed E-state index contributed by atoms with van der Waals surface area (Å²) >= 11 is 4.09. The number of Topliss-reactive ketones (excluding diaryl/α,β-unsaturated/α-hetero) is 1. The normalized spacial score (nSPS) is 20.0. The minimum atomic E-state index is -1.15. The van der Waals surface area contributed by atoms with Gasteiger partial charge >= 0.3 is 5.97 Å². The monoisotopic (exact) mass is 524 g/mol. The number of hydrogen-bond acceptors (Lipinski definition) is 12. The highest BCUT2D eigenvalue weighted by atomic mass is 32.2. The number of thiazole rings is 1. The minimum Gasteiger partial charge on any atom is -0.477 e. The molecule has 0 aromatic carbocycles. The van der Waals surface area contributed by atoms with Crippen molar-refractivity contribution in [2.24, 2.45) is 5.92 Å². The lowest BCUT2D eigenvalue weighted by Crippen LogP contribution is -2.62. The van der Waals surface area contributed by atoms with Crippen LogP contribution < -0.4 is 5.73 Å². The van der Waals surface area contributed by atoms with Gasteiger partial charge < -0.3 is 15.7 Å². The van der Waals surface area contributed by atoms with Gasteiger partial charge in [-0.15, -0.1) is 28.2 Å². The van der Waals surface area contributed by atoms with Crippen LogP contribution in [0.4, 0.5) is 5.13 Å². The molecule has 4 heterocycles. The summed E-state index contributed by atoms with van der Waals surface area (Å²) in [6.45, 7) is 1.37. The first-order valence-corrected chi connectivity index (χ1v) is 13.3. The van der Waals surface area contributed by atoms with Gasteiger partial charge in [0.1, 0.15) is 11.5 Å². The molecule has 34 heavy (non-hydrogen) atoms. The summed E-state index contributed by atoms with van der Waals surface area (Å²) in [6.07, 6.45) is 0.170. The lowest BCUT2D eigenvalue weighted by atomic mass is 9.89. The number of amides is 1. The van der Waals surface area contributed by atoms with E-state index in [9.17, 15) is 19.5 Å². The van der Waals surface area contributed by atoms with Crippen molar-refractivity contribution >= 4 is 57.7 Å². The van der Waals surface area contributed by atoms with Crippen LogP contribution in [-0.2, 0) is 27.3 Å². The Morgan fingerprint density at radius 2 is 2.18 bits per heavy atom. The Morgan fingerprint density at radius 3 is 2.85 bits per heavy atom. The Bertz CT molecular complexity index is 1130. The number of aromatic nitrogens is 5. The van der Waals surface area contributed by atoms with E-state index >= 15 is 0 Å². The van der Waals surface area contributed by atoms with Gasteiger partial charge in [-0.3, -0.25) is 14.5 Å². The maximum Gasteiger partial charge on any atom is 0.352 e. The Balaban J connectivity index is 1.41. The van der Waals surface area contributed by atoms with Crippen LogP contribution in [0.3, 0.4) is 0 Å². The Labute approximate surface area is 207 Å². The highest BCUT2D eigenvalue weighted by molar-refractivity contribution is 8.01. The van der Waals surface area contributed by atoms with E-state index in [4.69, 9.17) is 5.73 Å². The second kappa shape index (κ2) is 10.4. The first-order chi connectivity index (χ1) is 16.2. The maximum absolute atomic E-state index is 12.9. The molecular formula is C19H24N8O4S3. The van der Waals surface area contributed by atoms with Crippen LogP contribution in [0.1, 0.15) is 12.1 Å². The third-order valence-electron chi connectivity index (χ3n) is 5.39. The van der Waals surface area contributed by atoms with Crippen molar-refractivity contribution in [3.05, 3.63) is 22.3 Å². The third kappa shape index (κ3) is 5.26. The van der Waals surface area contributed by atoms with Crippen molar-refractivity contribution in [2.45, 2.75) is 29.9 Å². The summed E-state index contributed by atoms with van der Waals surface area (Å²) in [5.74, 6) is -1.33. The molecular weight excluding hydrogens is 500 g/mol. The minimum absolute atomic E-state index is 0.00420. The van der Waals surface area contributed by atoms with Crippen molar-refractivity contribution in [1.29, 1.82) is 0 Å². The molecule has 0 radical (unpaired) electrons. The molecule has 2 aliphatic rings. The second-order valence-electron chi connectivity index (χ2n) is 8.15. The lowest BCUT2D eigenvalue weighted by Gasteiger charge is -2.49. The number of nitrogens with two attached hydrogens (primary N) is 1. The molecule has 1 amide bonds. The molecule has 0 saturated carbocycles. The molecule has 0 spiro atoms. The maximum atomic E-state index is 12.9. The number of nitrogens with zero attached hydrogens (tertiary/aromatic N) is 7. The van der Waals surface area contributed by atoms with E-state index in [0.717, 1.165) is 6.54 Å². The molecule has 2 atom stereocenters. The number of rotatable bonds is 11. The number of fused-ring (bicyclic) bond motifs is 1. The lowest BCUT2D eigenvalue weighted by molar-refractivity contribution is -0.153. The van der Waals surface area contributed by atoms with Gasteiger partial charge in [-0.05, 0) is 30.1 Å².